The second-order valence-corrected chi connectivity index (χ2v) is 11.2. The summed E-state index contributed by atoms with van der Waals surface area (Å²) in [6.07, 6.45) is 4.12. The number of ether oxygens (including phenoxy) is 4. The van der Waals surface area contributed by atoms with Gasteiger partial charge in [0, 0.05) is 25.5 Å². The lowest BCUT2D eigenvalue weighted by Gasteiger charge is -2.32. The van der Waals surface area contributed by atoms with Crippen molar-refractivity contribution in [2.45, 2.75) is 57.5 Å². The van der Waals surface area contributed by atoms with Crippen LogP contribution in [0, 0.1) is 0 Å². The Bertz CT molecular complexity index is 1310. The zero-order valence-electron chi connectivity index (χ0n) is 25.2. The Balaban J connectivity index is 1.02. The molecule has 1 N–H and O–H groups in total. The van der Waals surface area contributed by atoms with Crippen LogP contribution in [0.15, 0.2) is 109 Å². The maximum atomic E-state index is 6.50. The van der Waals surface area contributed by atoms with Crippen LogP contribution in [0.3, 0.4) is 0 Å². The molecule has 0 radical (unpaired) electrons. The van der Waals surface area contributed by atoms with Crippen molar-refractivity contribution in [3.8, 4) is 5.75 Å². The number of hydrogen-bond donors (Lipinski definition) is 1. The van der Waals surface area contributed by atoms with Gasteiger partial charge in [-0.1, -0.05) is 97.1 Å². The quantitative estimate of drug-likeness (QED) is 0.131. The summed E-state index contributed by atoms with van der Waals surface area (Å²) in [5.74, 6) is 1.26. The molecule has 1 heterocycles. The van der Waals surface area contributed by atoms with E-state index in [4.69, 9.17) is 18.9 Å². The predicted octanol–water partition coefficient (Wildman–Crippen LogP) is 7.48. The van der Waals surface area contributed by atoms with Crippen molar-refractivity contribution in [2.24, 2.45) is 0 Å². The maximum Gasteiger partial charge on any atom is 0.119 e. The first-order valence-corrected chi connectivity index (χ1v) is 15.7. The number of hydrogen-bond acceptors (Lipinski definition) is 5. The monoisotopic (exact) mass is 579 g/mol. The largest absolute Gasteiger partial charge is 0.494 e. The van der Waals surface area contributed by atoms with Gasteiger partial charge in [0.25, 0.3) is 0 Å². The molecule has 0 bridgehead atoms. The van der Waals surface area contributed by atoms with E-state index < -0.39 is 0 Å². The molecule has 5 nitrogen and oxygen atoms in total. The van der Waals surface area contributed by atoms with E-state index in [0.29, 0.717) is 39.0 Å². The molecule has 43 heavy (non-hydrogen) atoms. The zero-order chi connectivity index (χ0) is 29.4. The van der Waals surface area contributed by atoms with Crippen LogP contribution in [-0.2, 0) is 40.5 Å². The maximum absolute atomic E-state index is 6.50. The smallest absolute Gasteiger partial charge is 0.119 e. The fourth-order valence-electron chi connectivity index (χ4n) is 5.54. The van der Waals surface area contributed by atoms with Crippen LogP contribution in [0.1, 0.15) is 53.0 Å². The van der Waals surface area contributed by atoms with Gasteiger partial charge < -0.3 is 24.3 Å². The minimum atomic E-state index is 0.125. The van der Waals surface area contributed by atoms with Crippen molar-refractivity contribution in [2.75, 3.05) is 32.9 Å². The van der Waals surface area contributed by atoms with Gasteiger partial charge >= 0.3 is 0 Å². The lowest BCUT2D eigenvalue weighted by Crippen LogP contribution is -2.40. The third kappa shape index (κ3) is 10.6. The van der Waals surface area contributed by atoms with E-state index >= 15 is 0 Å². The molecule has 1 saturated heterocycles. The Labute approximate surface area is 257 Å². The summed E-state index contributed by atoms with van der Waals surface area (Å²) >= 11 is 0. The average Bonchev–Trinajstić information content (AvgIpc) is 3.07. The minimum Gasteiger partial charge on any atom is -0.494 e. The molecule has 1 aliphatic rings. The standard InChI is InChI=1S/C38H45NO4/c1-3-10-31(11-4-1)16-8-23-40-29-33-14-7-15-34(26-33)30-43-38-27-39-22-21-37(38)35-17-19-36(20-18-35)42-25-9-24-41-28-32-12-5-2-6-13-32/h1-7,10-15,17-20,26,37-39H,8-9,16,21-25,27-30H2. The summed E-state index contributed by atoms with van der Waals surface area (Å²) in [5, 5.41) is 3.52. The van der Waals surface area contributed by atoms with Crippen LogP contribution < -0.4 is 10.1 Å². The molecule has 1 fully saturated rings. The Morgan fingerprint density at radius 1 is 0.605 bits per heavy atom. The topological polar surface area (TPSA) is 49.0 Å². The third-order valence-electron chi connectivity index (χ3n) is 7.87. The normalized spacial score (nSPS) is 16.7. The predicted molar refractivity (Wildman–Crippen MR) is 172 cm³/mol. The summed E-state index contributed by atoms with van der Waals surface area (Å²) in [6, 6.07) is 38.0. The molecule has 0 aliphatic carbocycles. The first kappa shape index (κ1) is 31.0. The highest BCUT2D eigenvalue weighted by Crippen LogP contribution is 2.30. The highest BCUT2D eigenvalue weighted by molar-refractivity contribution is 5.31. The van der Waals surface area contributed by atoms with Gasteiger partial charge in [-0.25, -0.2) is 0 Å². The average molecular weight is 580 g/mol. The van der Waals surface area contributed by atoms with Crippen LogP contribution in [-0.4, -0.2) is 39.0 Å². The Morgan fingerprint density at radius 3 is 2.02 bits per heavy atom. The summed E-state index contributed by atoms with van der Waals surface area (Å²) in [4.78, 5) is 0. The lowest BCUT2D eigenvalue weighted by molar-refractivity contribution is 0.0105. The number of piperidine rings is 1. The highest BCUT2D eigenvalue weighted by Gasteiger charge is 2.27. The zero-order valence-corrected chi connectivity index (χ0v) is 25.2. The second-order valence-electron chi connectivity index (χ2n) is 11.2. The van der Waals surface area contributed by atoms with Crippen molar-refractivity contribution >= 4 is 0 Å². The molecule has 4 aromatic rings. The fourth-order valence-corrected chi connectivity index (χ4v) is 5.54. The number of benzene rings is 4. The van der Waals surface area contributed by atoms with E-state index in [1.165, 1.54) is 27.8 Å². The van der Waals surface area contributed by atoms with Gasteiger partial charge in [0.05, 0.1) is 39.1 Å². The van der Waals surface area contributed by atoms with Crippen molar-refractivity contribution in [1.29, 1.82) is 0 Å². The van der Waals surface area contributed by atoms with Crippen LogP contribution in [0.25, 0.3) is 0 Å². The molecular formula is C38H45NO4. The Morgan fingerprint density at radius 2 is 1.26 bits per heavy atom. The van der Waals surface area contributed by atoms with E-state index in [-0.39, 0.29) is 6.10 Å². The number of aryl methyl sites for hydroxylation is 1. The van der Waals surface area contributed by atoms with Crippen LogP contribution >= 0.6 is 0 Å². The second kappa shape index (κ2) is 17.6. The van der Waals surface area contributed by atoms with Gasteiger partial charge in [-0.3, -0.25) is 0 Å². The number of rotatable bonds is 17. The Kier molecular flexibility index (Phi) is 12.7. The first-order valence-electron chi connectivity index (χ1n) is 15.7. The van der Waals surface area contributed by atoms with Crippen molar-refractivity contribution < 1.29 is 18.9 Å². The minimum absolute atomic E-state index is 0.125. The lowest BCUT2D eigenvalue weighted by atomic mass is 9.87. The third-order valence-corrected chi connectivity index (χ3v) is 7.87. The molecule has 5 heteroatoms. The highest BCUT2D eigenvalue weighted by atomic mass is 16.5. The molecular weight excluding hydrogens is 534 g/mol. The van der Waals surface area contributed by atoms with E-state index in [2.05, 4.69) is 96.3 Å². The molecule has 1 aliphatic heterocycles. The first-order chi connectivity index (χ1) is 21.3. The Hall–Kier alpha value is -3.48. The van der Waals surface area contributed by atoms with Gasteiger partial charge in [0.2, 0.25) is 0 Å². The van der Waals surface area contributed by atoms with E-state index in [9.17, 15) is 0 Å². The van der Waals surface area contributed by atoms with E-state index in [1.54, 1.807) is 0 Å². The number of nitrogens with one attached hydrogen (secondary N) is 1. The van der Waals surface area contributed by atoms with Gasteiger partial charge in [0.1, 0.15) is 5.75 Å². The molecule has 2 unspecified atom stereocenters. The summed E-state index contributed by atoms with van der Waals surface area (Å²) < 4.78 is 24.2. The molecule has 0 saturated carbocycles. The van der Waals surface area contributed by atoms with Gasteiger partial charge in [-0.05, 0) is 65.8 Å². The van der Waals surface area contributed by atoms with Crippen molar-refractivity contribution in [3.63, 3.8) is 0 Å². The fraction of sp³-hybridized carbons (Fsp3) is 0.368. The van der Waals surface area contributed by atoms with E-state index in [0.717, 1.165) is 51.1 Å². The van der Waals surface area contributed by atoms with Crippen LogP contribution in [0.5, 0.6) is 5.75 Å². The molecule has 5 rings (SSSR count). The van der Waals surface area contributed by atoms with Crippen molar-refractivity contribution in [3.05, 3.63) is 137 Å². The molecule has 226 valence electrons. The molecule has 0 aromatic heterocycles. The summed E-state index contributed by atoms with van der Waals surface area (Å²) in [7, 11) is 0. The molecule has 0 spiro atoms. The van der Waals surface area contributed by atoms with Crippen molar-refractivity contribution in [1.82, 2.24) is 5.32 Å². The summed E-state index contributed by atoms with van der Waals surface area (Å²) in [5.41, 5.74) is 6.25. The molecule has 2 atom stereocenters. The van der Waals surface area contributed by atoms with Crippen LogP contribution in [0.2, 0.25) is 0 Å². The SMILES string of the molecule is c1ccc(CCCOCc2cccc(COC3CNCCC3c3ccc(OCCCOCc4ccccc4)cc3)c2)cc1. The molecule has 0 amide bonds. The molecule has 4 aromatic carbocycles. The van der Waals surface area contributed by atoms with Gasteiger partial charge in [-0.15, -0.1) is 0 Å². The summed E-state index contributed by atoms with van der Waals surface area (Å²) in [6.45, 7) is 5.82. The van der Waals surface area contributed by atoms with E-state index in [1.807, 2.05) is 18.2 Å². The van der Waals surface area contributed by atoms with Gasteiger partial charge in [0.15, 0.2) is 0 Å². The van der Waals surface area contributed by atoms with Gasteiger partial charge in [-0.2, -0.15) is 0 Å². The van der Waals surface area contributed by atoms with Crippen LogP contribution in [0.4, 0.5) is 0 Å².